The zero-order valence-corrected chi connectivity index (χ0v) is 24.9. The number of carbonyl (C=O) groups is 2. The highest BCUT2D eigenvalue weighted by Gasteiger charge is 2.41. The van der Waals surface area contributed by atoms with E-state index in [-0.39, 0.29) is 24.9 Å². The Bertz CT molecular complexity index is 1840. The standard InChI is InChI=1S/C36H34N4O4/c1-24(2)39(27-17-19-28(44-3)20-18-27)34(41)23-38-32-16-10-8-14-30(32)35(25-11-5-4-6-12-25)40(43)33(36(38)42)21-26-22-37-31-15-9-7-13-29(26)31/h4-20,22,24,33,37H,21,23H2,1-3H3. The molecule has 0 radical (unpaired) electrons. The number of nitrogens with one attached hydrogen (secondary N) is 1. The number of fused-ring (bicyclic) bond motifs is 2. The molecule has 0 aliphatic carbocycles. The van der Waals surface area contributed by atoms with Crippen molar-refractivity contribution in [2.24, 2.45) is 0 Å². The van der Waals surface area contributed by atoms with Gasteiger partial charge >= 0.3 is 0 Å². The maximum atomic E-state index is 14.6. The number of rotatable bonds is 8. The molecule has 5 aromatic rings. The van der Waals surface area contributed by atoms with Gasteiger partial charge in [-0.25, -0.2) is 0 Å². The first kappa shape index (κ1) is 28.7. The fourth-order valence-electron chi connectivity index (χ4n) is 5.99. The van der Waals surface area contributed by atoms with E-state index in [1.54, 1.807) is 30.2 Å². The fraction of sp³-hybridized carbons (Fsp3) is 0.194. The molecule has 1 aromatic heterocycles. The Hall–Kier alpha value is -5.37. The van der Waals surface area contributed by atoms with Crippen molar-refractivity contribution in [2.45, 2.75) is 32.4 Å². The lowest BCUT2D eigenvalue weighted by molar-refractivity contribution is -0.484. The first-order valence-electron chi connectivity index (χ1n) is 14.7. The van der Waals surface area contributed by atoms with Crippen molar-refractivity contribution < 1.29 is 19.1 Å². The Morgan fingerprint density at radius 1 is 0.955 bits per heavy atom. The van der Waals surface area contributed by atoms with Gasteiger partial charge in [0.15, 0.2) is 0 Å². The van der Waals surface area contributed by atoms with E-state index in [1.807, 2.05) is 105 Å². The van der Waals surface area contributed by atoms with Gasteiger partial charge in [-0.2, -0.15) is 4.74 Å². The first-order valence-corrected chi connectivity index (χ1v) is 14.7. The summed E-state index contributed by atoms with van der Waals surface area (Å²) in [4.78, 5) is 35.1. The van der Waals surface area contributed by atoms with E-state index in [0.29, 0.717) is 34.0 Å². The number of para-hydroxylation sites is 2. The molecule has 1 N–H and O–H groups in total. The lowest BCUT2D eigenvalue weighted by atomic mass is 10.00. The lowest BCUT2D eigenvalue weighted by Gasteiger charge is -2.31. The van der Waals surface area contributed by atoms with Gasteiger partial charge in [0.25, 0.3) is 5.91 Å². The molecule has 1 aliphatic heterocycles. The molecule has 1 aliphatic rings. The van der Waals surface area contributed by atoms with Crippen LogP contribution in [-0.2, 0) is 16.0 Å². The Labute approximate surface area is 256 Å². The molecule has 0 fully saturated rings. The Kier molecular flexibility index (Phi) is 7.89. The molecule has 0 spiro atoms. The molecule has 1 unspecified atom stereocenters. The average Bonchev–Trinajstić information content (AvgIpc) is 3.43. The SMILES string of the molecule is COc1ccc(N(C(=O)CN2C(=O)C(Cc3c[nH]c4ccccc34)[N+]([O-])=C(c3ccccc3)c3ccccc32)C(C)C)cc1. The number of methoxy groups -OCH3 is 1. The van der Waals surface area contributed by atoms with Crippen molar-refractivity contribution in [2.75, 3.05) is 23.5 Å². The molecule has 0 saturated carbocycles. The number of hydroxylamine groups is 1. The third kappa shape index (κ3) is 5.30. The van der Waals surface area contributed by atoms with E-state index in [4.69, 9.17) is 4.74 Å². The smallest absolute Gasteiger partial charge is 0.297 e. The number of hydrogen-bond donors (Lipinski definition) is 1. The normalized spacial score (nSPS) is 15.0. The molecule has 8 heteroatoms. The minimum absolute atomic E-state index is 0.160. The zero-order valence-electron chi connectivity index (χ0n) is 24.9. The van der Waals surface area contributed by atoms with Gasteiger partial charge in [0.05, 0.1) is 18.4 Å². The lowest BCUT2D eigenvalue weighted by Crippen LogP contribution is -2.50. The highest BCUT2D eigenvalue weighted by atomic mass is 16.5. The van der Waals surface area contributed by atoms with Crippen molar-refractivity contribution in [1.82, 2.24) is 4.98 Å². The van der Waals surface area contributed by atoms with Gasteiger partial charge in [-0.15, -0.1) is 0 Å². The second-order valence-corrected chi connectivity index (χ2v) is 11.1. The number of anilines is 2. The van der Waals surface area contributed by atoms with Crippen LogP contribution < -0.4 is 14.5 Å². The monoisotopic (exact) mass is 586 g/mol. The predicted octanol–water partition coefficient (Wildman–Crippen LogP) is 5.92. The highest BCUT2D eigenvalue weighted by molar-refractivity contribution is 6.18. The second kappa shape index (κ2) is 12.1. The van der Waals surface area contributed by atoms with Crippen LogP contribution in [-0.4, -0.2) is 53.0 Å². The third-order valence-electron chi connectivity index (χ3n) is 8.07. The first-order chi connectivity index (χ1) is 21.4. The number of benzodiazepines with no additional fused rings is 1. The van der Waals surface area contributed by atoms with Crippen LogP contribution in [0.3, 0.4) is 0 Å². The summed E-state index contributed by atoms with van der Waals surface area (Å²) < 4.78 is 6.14. The van der Waals surface area contributed by atoms with Gasteiger partial charge in [0.2, 0.25) is 17.7 Å². The van der Waals surface area contributed by atoms with Crippen molar-refractivity contribution in [3.8, 4) is 5.75 Å². The number of H-pyrrole nitrogens is 1. The number of benzene rings is 4. The van der Waals surface area contributed by atoms with Crippen molar-refractivity contribution in [3.63, 3.8) is 0 Å². The number of aromatic nitrogens is 1. The number of nitrogens with zero attached hydrogens (tertiary/aromatic N) is 3. The van der Waals surface area contributed by atoms with Gasteiger partial charge in [-0.3, -0.25) is 14.5 Å². The van der Waals surface area contributed by atoms with Crippen molar-refractivity contribution in [3.05, 3.63) is 131 Å². The molecular formula is C36H34N4O4. The van der Waals surface area contributed by atoms with Crippen LogP contribution in [0.25, 0.3) is 10.9 Å². The summed E-state index contributed by atoms with van der Waals surface area (Å²) in [7, 11) is 1.59. The summed E-state index contributed by atoms with van der Waals surface area (Å²) >= 11 is 0. The summed E-state index contributed by atoms with van der Waals surface area (Å²) in [6.45, 7) is 3.63. The van der Waals surface area contributed by atoms with Crippen LogP contribution in [0.1, 0.15) is 30.5 Å². The second-order valence-electron chi connectivity index (χ2n) is 11.1. The average molecular weight is 587 g/mol. The van der Waals surface area contributed by atoms with E-state index in [2.05, 4.69) is 4.98 Å². The molecule has 2 heterocycles. The molecule has 222 valence electrons. The number of carbonyl (C=O) groups excluding carboxylic acids is 2. The summed E-state index contributed by atoms with van der Waals surface area (Å²) in [6.07, 6.45) is 2.01. The van der Waals surface area contributed by atoms with Gasteiger partial charge in [-0.1, -0.05) is 48.5 Å². The number of aromatic amines is 1. The fourth-order valence-corrected chi connectivity index (χ4v) is 5.99. The van der Waals surface area contributed by atoms with E-state index < -0.39 is 11.9 Å². The molecule has 0 bridgehead atoms. The highest BCUT2D eigenvalue weighted by Crippen LogP contribution is 2.31. The van der Waals surface area contributed by atoms with Crippen molar-refractivity contribution >= 4 is 39.8 Å². The molecule has 0 saturated heterocycles. The molecule has 1 atom stereocenters. The van der Waals surface area contributed by atoms with Crippen molar-refractivity contribution in [1.29, 1.82) is 0 Å². The van der Waals surface area contributed by atoms with Crippen LogP contribution in [0.4, 0.5) is 11.4 Å². The summed E-state index contributed by atoms with van der Waals surface area (Å²) in [6, 6.07) is 30.5. The quantitative estimate of drug-likeness (QED) is 0.180. The van der Waals surface area contributed by atoms with Gasteiger partial charge < -0.3 is 19.8 Å². The largest absolute Gasteiger partial charge is 0.623 e. The molecular weight excluding hydrogens is 552 g/mol. The van der Waals surface area contributed by atoms with E-state index in [0.717, 1.165) is 21.2 Å². The topological polar surface area (TPSA) is 91.7 Å². The van der Waals surface area contributed by atoms with Crippen LogP contribution >= 0.6 is 0 Å². The van der Waals surface area contributed by atoms with Crippen LogP contribution in [0.15, 0.2) is 109 Å². The minimum atomic E-state index is -1.11. The van der Waals surface area contributed by atoms with E-state index >= 15 is 0 Å². The number of amides is 2. The summed E-state index contributed by atoms with van der Waals surface area (Å²) in [5.74, 6) is -0.0172. The molecule has 6 rings (SSSR count). The molecule has 44 heavy (non-hydrogen) atoms. The Morgan fingerprint density at radius 3 is 2.36 bits per heavy atom. The van der Waals surface area contributed by atoms with Gasteiger partial charge in [-0.05, 0) is 74.0 Å². The van der Waals surface area contributed by atoms with Crippen LogP contribution in [0.2, 0.25) is 0 Å². The Morgan fingerprint density at radius 2 is 1.64 bits per heavy atom. The predicted molar refractivity (Wildman–Crippen MR) is 173 cm³/mol. The summed E-state index contributed by atoms with van der Waals surface area (Å²) in [5.41, 5.74) is 4.68. The van der Waals surface area contributed by atoms with Crippen LogP contribution in [0.5, 0.6) is 5.75 Å². The maximum absolute atomic E-state index is 14.6. The Balaban J connectivity index is 1.46. The molecule has 8 nitrogen and oxygen atoms in total. The van der Waals surface area contributed by atoms with Crippen LogP contribution in [0, 0.1) is 5.21 Å². The van der Waals surface area contributed by atoms with Gasteiger partial charge in [0, 0.05) is 40.8 Å². The minimum Gasteiger partial charge on any atom is -0.623 e. The molecule has 4 aromatic carbocycles. The van der Waals surface area contributed by atoms with Gasteiger partial charge in [0.1, 0.15) is 12.3 Å². The number of ether oxygens (including phenoxy) is 1. The molecule has 2 amide bonds. The van der Waals surface area contributed by atoms with E-state index in [1.165, 1.54) is 4.90 Å². The zero-order chi connectivity index (χ0) is 30.8. The maximum Gasteiger partial charge on any atom is 0.297 e. The van der Waals surface area contributed by atoms with E-state index in [9.17, 15) is 14.8 Å². The number of hydrogen-bond acceptors (Lipinski definition) is 4. The summed E-state index contributed by atoms with van der Waals surface area (Å²) in [5, 5.41) is 15.4. The third-order valence-corrected chi connectivity index (χ3v) is 8.07.